The highest BCUT2D eigenvalue weighted by atomic mass is 19.1. The van der Waals surface area contributed by atoms with Crippen molar-refractivity contribution in [2.24, 2.45) is 11.8 Å². The normalized spacial score (nSPS) is 26.5. The van der Waals surface area contributed by atoms with E-state index < -0.39 is 0 Å². The van der Waals surface area contributed by atoms with Gasteiger partial charge in [0, 0.05) is 17.6 Å². The van der Waals surface area contributed by atoms with Crippen LogP contribution in [0.1, 0.15) is 51.6 Å². The second kappa shape index (κ2) is 7.73. The maximum absolute atomic E-state index is 13.7. The molecule has 4 atom stereocenters. The molecule has 1 fully saturated rings. The molecule has 1 aromatic rings. The van der Waals surface area contributed by atoms with Gasteiger partial charge in [0.2, 0.25) is 5.91 Å². The number of carbonyl (C=O) groups is 1. The van der Waals surface area contributed by atoms with Gasteiger partial charge in [0.1, 0.15) is 5.82 Å². The van der Waals surface area contributed by atoms with Crippen molar-refractivity contribution in [3.63, 3.8) is 0 Å². The molecule has 0 aromatic heterocycles. The highest BCUT2D eigenvalue weighted by Crippen LogP contribution is 2.29. The summed E-state index contributed by atoms with van der Waals surface area (Å²) in [5.41, 5.74) is 0.593. The number of hydrogen-bond acceptors (Lipinski definition) is 2. The summed E-state index contributed by atoms with van der Waals surface area (Å²) in [5, 5.41) is 6.23. The fourth-order valence-electron chi connectivity index (χ4n) is 3.23. The zero-order valence-corrected chi connectivity index (χ0v) is 13.7. The molecule has 0 radical (unpaired) electrons. The van der Waals surface area contributed by atoms with Gasteiger partial charge in [0.05, 0.1) is 6.54 Å². The monoisotopic (exact) mass is 306 g/mol. The van der Waals surface area contributed by atoms with Gasteiger partial charge in [-0.3, -0.25) is 4.79 Å². The van der Waals surface area contributed by atoms with Crippen LogP contribution in [-0.2, 0) is 4.79 Å². The van der Waals surface area contributed by atoms with Gasteiger partial charge in [-0.1, -0.05) is 44.9 Å². The van der Waals surface area contributed by atoms with Crippen molar-refractivity contribution >= 4 is 5.91 Å². The lowest BCUT2D eigenvalue weighted by molar-refractivity contribution is -0.121. The molecule has 0 aliphatic heterocycles. The van der Waals surface area contributed by atoms with Gasteiger partial charge in [-0.2, -0.15) is 0 Å². The van der Waals surface area contributed by atoms with Gasteiger partial charge < -0.3 is 10.6 Å². The van der Waals surface area contributed by atoms with Crippen LogP contribution in [0.4, 0.5) is 4.39 Å². The summed E-state index contributed by atoms with van der Waals surface area (Å²) in [6, 6.07) is 6.75. The summed E-state index contributed by atoms with van der Waals surface area (Å²) in [6.45, 7) is 6.55. The fourth-order valence-corrected chi connectivity index (χ4v) is 3.23. The third kappa shape index (κ3) is 4.29. The summed E-state index contributed by atoms with van der Waals surface area (Å²) < 4.78 is 13.7. The van der Waals surface area contributed by atoms with Crippen LogP contribution in [0.25, 0.3) is 0 Å². The number of benzene rings is 1. The van der Waals surface area contributed by atoms with Crippen molar-refractivity contribution < 1.29 is 9.18 Å². The van der Waals surface area contributed by atoms with E-state index in [9.17, 15) is 9.18 Å². The minimum atomic E-state index is -0.238. The first-order valence-corrected chi connectivity index (χ1v) is 8.26. The number of nitrogens with one attached hydrogen (secondary N) is 2. The molecular formula is C18H27FN2O. The third-order valence-electron chi connectivity index (χ3n) is 4.99. The van der Waals surface area contributed by atoms with Gasteiger partial charge in [-0.15, -0.1) is 0 Å². The molecule has 1 aliphatic carbocycles. The van der Waals surface area contributed by atoms with E-state index in [1.807, 2.05) is 13.0 Å². The number of rotatable bonds is 5. The van der Waals surface area contributed by atoms with Gasteiger partial charge >= 0.3 is 0 Å². The summed E-state index contributed by atoms with van der Waals surface area (Å²) in [4.78, 5) is 12.1. The Bertz CT molecular complexity index is 506. The minimum Gasteiger partial charge on any atom is -0.352 e. The Labute approximate surface area is 132 Å². The summed E-state index contributed by atoms with van der Waals surface area (Å²) >= 11 is 0. The summed E-state index contributed by atoms with van der Waals surface area (Å²) in [7, 11) is 0. The molecule has 122 valence electrons. The Hall–Kier alpha value is -1.42. The topological polar surface area (TPSA) is 41.1 Å². The first-order valence-electron chi connectivity index (χ1n) is 8.26. The van der Waals surface area contributed by atoms with Gasteiger partial charge in [0.25, 0.3) is 0 Å². The maximum Gasteiger partial charge on any atom is 0.234 e. The van der Waals surface area contributed by atoms with E-state index >= 15 is 0 Å². The average Bonchev–Trinajstić information content (AvgIpc) is 2.50. The smallest absolute Gasteiger partial charge is 0.234 e. The van der Waals surface area contributed by atoms with Crippen LogP contribution < -0.4 is 10.6 Å². The first kappa shape index (κ1) is 16.9. The van der Waals surface area contributed by atoms with Crippen molar-refractivity contribution in [2.75, 3.05) is 6.54 Å². The van der Waals surface area contributed by atoms with Gasteiger partial charge in [0.15, 0.2) is 0 Å². The van der Waals surface area contributed by atoms with Crippen LogP contribution in [0.15, 0.2) is 24.3 Å². The van der Waals surface area contributed by atoms with E-state index in [4.69, 9.17) is 0 Å². The number of hydrogen-bond donors (Lipinski definition) is 2. The molecule has 22 heavy (non-hydrogen) atoms. The van der Waals surface area contributed by atoms with Crippen molar-refractivity contribution in [3.8, 4) is 0 Å². The zero-order chi connectivity index (χ0) is 16.1. The molecule has 0 saturated heterocycles. The van der Waals surface area contributed by atoms with Gasteiger partial charge in [-0.05, 0) is 31.2 Å². The molecule has 2 rings (SSSR count). The van der Waals surface area contributed by atoms with Crippen LogP contribution in [0.3, 0.4) is 0 Å². The van der Waals surface area contributed by atoms with Crippen LogP contribution >= 0.6 is 0 Å². The number of halogens is 1. The Morgan fingerprint density at radius 2 is 2.05 bits per heavy atom. The second-order valence-corrected chi connectivity index (χ2v) is 6.57. The quantitative estimate of drug-likeness (QED) is 0.875. The lowest BCUT2D eigenvalue weighted by atomic mass is 9.78. The van der Waals surface area contributed by atoms with Crippen molar-refractivity contribution in [3.05, 3.63) is 35.6 Å². The van der Waals surface area contributed by atoms with E-state index in [-0.39, 0.29) is 30.4 Å². The van der Waals surface area contributed by atoms with Crippen molar-refractivity contribution in [1.82, 2.24) is 10.6 Å². The lowest BCUT2D eigenvalue weighted by Crippen LogP contribution is -2.46. The highest BCUT2D eigenvalue weighted by molar-refractivity contribution is 5.78. The predicted octanol–water partition coefficient (Wildman–Crippen LogP) is 3.42. The summed E-state index contributed by atoms with van der Waals surface area (Å²) in [5.74, 6) is 0.929. The van der Waals surface area contributed by atoms with E-state index in [2.05, 4.69) is 24.5 Å². The zero-order valence-electron chi connectivity index (χ0n) is 13.7. The van der Waals surface area contributed by atoms with Crippen LogP contribution in [0.5, 0.6) is 0 Å². The van der Waals surface area contributed by atoms with E-state index in [0.29, 0.717) is 17.4 Å². The molecule has 4 unspecified atom stereocenters. The summed E-state index contributed by atoms with van der Waals surface area (Å²) in [6.07, 6.45) is 3.48. The Morgan fingerprint density at radius 1 is 1.32 bits per heavy atom. The number of carbonyl (C=O) groups excluding carboxylic acids is 1. The van der Waals surface area contributed by atoms with Crippen LogP contribution in [-0.4, -0.2) is 18.5 Å². The molecular weight excluding hydrogens is 279 g/mol. The standard InChI is InChI=1S/C18H27FN2O/c1-12-7-6-10-17(13(12)2)21-18(22)11-20-14(3)15-8-4-5-9-16(15)19/h4-5,8-9,12-14,17,20H,6-7,10-11H2,1-3H3,(H,21,22). The average molecular weight is 306 g/mol. The molecule has 0 spiro atoms. The second-order valence-electron chi connectivity index (χ2n) is 6.57. The van der Waals surface area contributed by atoms with E-state index in [1.165, 1.54) is 18.9 Å². The molecule has 1 aromatic carbocycles. The Balaban J connectivity index is 1.81. The Morgan fingerprint density at radius 3 is 2.77 bits per heavy atom. The molecule has 1 saturated carbocycles. The molecule has 0 heterocycles. The molecule has 2 N–H and O–H groups in total. The molecule has 4 heteroatoms. The predicted molar refractivity (Wildman–Crippen MR) is 86.9 cm³/mol. The largest absolute Gasteiger partial charge is 0.352 e. The molecule has 3 nitrogen and oxygen atoms in total. The lowest BCUT2D eigenvalue weighted by Gasteiger charge is -2.34. The van der Waals surface area contributed by atoms with Gasteiger partial charge in [-0.25, -0.2) is 4.39 Å². The van der Waals surface area contributed by atoms with Crippen molar-refractivity contribution in [2.45, 2.75) is 52.1 Å². The third-order valence-corrected chi connectivity index (χ3v) is 4.99. The van der Waals surface area contributed by atoms with Crippen LogP contribution in [0.2, 0.25) is 0 Å². The number of amides is 1. The first-order chi connectivity index (χ1) is 10.5. The molecule has 1 aliphatic rings. The molecule has 1 amide bonds. The van der Waals surface area contributed by atoms with Crippen LogP contribution in [0, 0.1) is 17.7 Å². The van der Waals surface area contributed by atoms with E-state index in [1.54, 1.807) is 12.1 Å². The minimum absolute atomic E-state index is 0.00543. The Kier molecular flexibility index (Phi) is 5.95. The maximum atomic E-state index is 13.7. The van der Waals surface area contributed by atoms with E-state index in [0.717, 1.165) is 6.42 Å². The molecule has 0 bridgehead atoms. The van der Waals surface area contributed by atoms with Crippen molar-refractivity contribution in [1.29, 1.82) is 0 Å². The SMILES string of the molecule is CC(NCC(=O)NC1CCCC(C)C1C)c1ccccc1F. The fraction of sp³-hybridized carbons (Fsp3) is 0.611. The highest BCUT2D eigenvalue weighted by Gasteiger charge is 2.28.